The number of esters is 3. The summed E-state index contributed by atoms with van der Waals surface area (Å²) in [5.41, 5.74) is 5.50. The Labute approximate surface area is 351 Å². The lowest BCUT2D eigenvalue weighted by molar-refractivity contribution is -0.251. The molecule has 60 heavy (non-hydrogen) atoms. The quantitative estimate of drug-likeness (QED) is 0.131. The predicted molar refractivity (Wildman–Crippen MR) is 223 cm³/mol. The highest BCUT2D eigenvalue weighted by molar-refractivity contribution is 5.85. The van der Waals surface area contributed by atoms with Crippen molar-refractivity contribution in [3.63, 3.8) is 0 Å². The number of rotatable bonds is 9. The molecule has 1 N–H and O–H groups in total. The Morgan fingerprint density at radius 1 is 0.750 bits per heavy atom. The van der Waals surface area contributed by atoms with E-state index in [1.165, 1.54) is 0 Å². The minimum absolute atomic E-state index is 0.00326. The van der Waals surface area contributed by atoms with Crippen LogP contribution in [0.1, 0.15) is 87.5 Å². The summed E-state index contributed by atoms with van der Waals surface area (Å²) in [4.78, 5) is 57.7. The minimum atomic E-state index is -1.12. The number of carbonyl (C=O) groups is 3. The van der Waals surface area contributed by atoms with Crippen molar-refractivity contribution in [3.05, 3.63) is 107 Å². The fourth-order valence-corrected chi connectivity index (χ4v) is 12.1. The molecule has 0 amide bonds. The van der Waals surface area contributed by atoms with Gasteiger partial charge in [-0.3, -0.25) is 29.5 Å². The van der Waals surface area contributed by atoms with Gasteiger partial charge in [0.25, 0.3) is 0 Å². The van der Waals surface area contributed by atoms with E-state index in [-0.39, 0.29) is 72.5 Å². The van der Waals surface area contributed by atoms with E-state index in [4.69, 9.17) is 14.2 Å². The average Bonchev–Trinajstić information content (AvgIpc) is 3.78. The first-order valence-corrected chi connectivity index (χ1v) is 21.6. The van der Waals surface area contributed by atoms with E-state index >= 15 is 0 Å². The zero-order valence-electron chi connectivity index (χ0n) is 34.9. The number of fused-ring (bicyclic) bond motifs is 5. The highest BCUT2D eigenvalue weighted by Gasteiger charge is 2.72. The lowest BCUT2D eigenvalue weighted by atomic mass is 9.42. The summed E-state index contributed by atoms with van der Waals surface area (Å²) in [6, 6.07) is 15.4. The van der Waals surface area contributed by atoms with Crippen LogP contribution in [0, 0.1) is 48.3 Å². The van der Waals surface area contributed by atoms with Gasteiger partial charge in [-0.1, -0.05) is 19.9 Å². The van der Waals surface area contributed by atoms with Gasteiger partial charge in [-0.05, 0) is 165 Å². The number of hydrogen-bond donors (Lipinski definition) is 1. The standard InChI is InChI=1S/C49H54N4O7/c1-29-11-16-50-40(19-29)39-8-5-32(27-53-39)23-45(55)59-35-9-14-47(3)34(25-35)6-7-37-38(47)26-43(48(4)36(10-15-49(37,48)57)33-24-44(54)58-28-33)60-46(56)22-31-13-18-52-42(21-31)41-20-30(2)12-17-51-41/h5,8,11-13,16-21,24,27,34-38,43,57H,6-7,9-10,14-15,22-23,25-26,28H2,1-4H3. The van der Waals surface area contributed by atoms with Crippen molar-refractivity contribution in [3.8, 4) is 22.8 Å². The first kappa shape index (κ1) is 40.1. The number of carbonyl (C=O) groups excluding carboxylic acids is 3. The van der Waals surface area contributed by atoms with Crippen LogP contribution in [0.25, 0.3) is 22.8 Å². The number of ether oxygens (including phenoxy) is 3. The highest BCUT2D eigenvalue weighted by Crippen LogP contribution is 2.70. The summed E-state index contributed by atoms with van der Waals surface area (Å²) in [7, 11) is 0. The SMILES string of the molecule is Cc1ccnc(-c2ccc(CC(=O)OC3CCC4(C)C(CCC5C4CC(OC(=O)Cc4ccnc(-c6cc(C)ccn6)c4)C4(C)C(C6=CC(=O)OC6)CCC54O)C3)cn2)c1. The zero-order valence-corrected chi connectivity index (χ0v) is 34.9. The molecule has 5 heterocycles. The Hall–Kier alpha value is -5.29. The number of pyridine rings is 4. The van der Waals surface area contributed by atoms with Crippen LogP contribution in [0.15, 0.2) is 85.0 Å². The number of nitrogens with zero attached hydrogens (tertiary/aromatic N) is 4. The third kappa shape index (κ3) is 7.22. The van der Waals surface area contributed by atoms with Crippen LogP contribution in [0.5, 0.6) is 0 Å². The van der Waals surface area contributed by atoms with Gasteiger partial charge in [-0.15, -0.1) is 0 Å². The maximum absolute atomic E-state index is 14.1. The fourth-order valence-electron chi connectivity index (χ4n) is 12.1. The van der Waals surface area contributed by atoms with Gasteiger partial charge in [-0.2, -0.15) is 0 Å². The topological polar surface area (TPSA) is 151 Å². The second-order valence-corrected chi connectivity index (χ2v) is 18.6. The molecular weight excluding hydrogens is 757 g/mol. The molecule has 0 radical (unpaired) electrons. The molecule has 0 bridgehead atoms. The second-order valence-electron chi connectivity index (χ2n) is 18.6. The van der Waals surface area contributed by atoms with E-state index in [0.717, 1.165) is 77.0 Å². The normalized spacial score (nSPS) is 31.9. The van der Waals surface area contributed by atoms with Crippen molar-refractivity contribution in [2.75, 3.05) is 6.61 Å². The first-order valence-electron chi connectivity index (χ1n) is 21.6. The molecule has 1 aliphatic heterocycles. The Kier molecular flexibility index (Phi) is 10.5. The smallest absolute Gasteiger partial charge is 0.331 e. The van der Waals surface area contributed by atoms with E-state index < -0.39 is 17.1 Å². The number of aliphatic hydroxyl groups is 1. The Morgan fingerprint density at radius 2 is 1.43 bits per heavy atom. The van der Waals surface area contributed by atoms with Crippen molar-refractivity contribution in [1.82, 2.24) is 19.9 Å². The maximum Gasteiger partial charge on any atom is 0.331 e. The van der Waals surface area contributed by atoms with Gasteiger partial charge >= 0.3 is 17.9 Å². The number of hydrogen-bond acceptors (Lipinski definition) is 11. The van der Waals surface area contributed by atoms with Gasteiger partial charge < -0.3 is 19.3 Å². The maximum atomic E-state index is 14.1. The predicted octanol–water partition coefficient (Wildman–Crippen LogP) is 7.69. The molecule has 4 aromatic rings. The molecule has 9 unspecified atom stereocenters. The van der Waals surface area contributed by atoms with Crippen LogP contribution in [-0.2, 0) is 41.4 Å². The molecule has 11 nitrogen and oxygen atoms in total. The lowest BCUT2D eigenvalue weighted by Gasteiger charge is -2.65. The van der Waals surface area contributed by atoms with E-state index in [0.29, 0.717) is 25.0 Å². The largest absolute Gasteiger partial charge is 0.462 e. The monoisotopic (exact) mass is 810 g/mol. The van der Waals surface area contributed by atoms with Crippen LogP contribution >= 0.6 is 0 Å². The summed E-state index contributed by atoms with van der Waals surface area (Å²) in [5.74, 6) is -0.782. The molecule has 0 spiro atoms. The number of cyclic esters (lactones) is 1. The van der Waals surface area contributed by atoms with Crippen molar-refractivity contribution in [2.24, 2.45) is 34.5 Å². The summed E-state index contributed by atoms with van der Waals surface area (Å²) < 4.78 is 18.2. The molecule has 4 aliphatic carbocycles. The first-order chi connectivity index (χ1) is 28.8. The van der Waals surface area contributed by atoms with Crippen LogP contribution in [0.2, 0.25) is 0 Å². The molecule has 4 fully saturated rings. The van der Waals surface area contributed by atoms with E-state index in [1.54, 1.807) is 30.9 Å². The third-order valence-corrected chi connectivity index (χ3v) is 15.3. The van der Waals surface area contributed by atoms with Gasteiger partial charge in [0.2, 0.25) is 0 Å². The van der Waals surface area contributed by atoms with Crippen LogP contribution in [0.3, 0.4) is 0 Å². The Bertz CT molecular complexity index is 2350. The van der Waals surface area contributed by atoms with Gasteiger partial charge in [-0.25, -0.2) is 4.79 Å². The second kappa shape index (κ2) is 15.6. The average molecular weight is 811 g/mol. The molecule has 4 saturated carbocycles. The van der Waals surface area contributed by atoms with E-state index in [2.05, 4.69) is 33.8 Å². The zero-order chi connectivity index (χ0) is 41.8. The van der Waals surface area contributed by atoms with Crippen LogP contribution < -0.4 is 0 Å². The van der Waals surface area contributed by atoms with Gasteiger partial charge in [0.05, 0.1) is 41.2 Å². The third-order valence-electron chi connectivity index (χ3n) is 15.3. The Morgan fingerprint density at radius 3 is 2.12 bits per heavy atom. The molecule has 4 aromatic heterocycles. The number of aromatic nitrogens is 4. The van der Waals surface area contributed by atoms with Crippen LogP contribution in [0.4, 0.5) is 0 Å². The summed E-state index contributed by atoms with van der Waals surface area (Å²) in [6.45, 7) is 8.66. The summed E-state index contributed by atoms with van der Waals surface area (Å²) >= 11 is 0. The molecule has 0 saturated heterocycles. The van der Waals surface area contributed by atoms with Gasteiger partial charge in [0.1, 0.15) is 18.8 Å². The minimum Gasteiger partial charge on any atom is -0.462 e. The molecule has 9 atom stereocenters. The molecular formula is C49H54N4O7. The van der Waals surface area contributed by atoms with Gasteiger partial charge in [0, 0.05) is 36.3 Å². The molecule has 312 valence electrons. The summed E-state index contributed by atoms with van der Waals surface area (Å²) in [5, 5.41) is 13.2. The fraction of sp³-hybridized carbons (Fsp3) is 0.490. The molecule has 0 aromatic carbocycles. The molecule has 11 heteroatoms. The van der Waals surface area contributed by atoms with Crippen molar-refractivity contribution >= 4 is 17.9 Å². The van der Waals surface area contributed by atoms with Crippen molar-refractivity contribution in [1.29, 1.82) is 0 Å². The lowest BCUT2D eigenvalue weighted by Crippen LogP contribution is -2.67. The van der Waals surface area contributed by atoms with E-state index in [9.17, 15) is 19.5 Å². The summed E-state index contributed by atoms with van der Waals surface area (Å²) in [6.07, 6.45) is 13.9. The van der Waals surface area contributed by atoms with Crippen molar-refractivity contribution in [2.45, 2.75) is 110 Å². The molecule has 9 rings (SSSR count). The van der Waals surface area contributed by atoms with E-state index in [1.807, 2.05) is 62.4 Å². The number of aryl methyl sites for hydroxylation is 2. The highest BCUT2D eigenvalue weighted by atomic mass is 16.6. The van der Waals surface area contributed by atoms with Crippen LogP contribution in [-0.4, -0.2) is 67.4 Å². The Balaban J connectivity index is 0.918. The van der Waals surface area contributed by atoms with Crippen molar-refractivity contribution < 1.29 is 33.7 Å². The van der Waals surface area contributed by atoms with Gasteiger partial charge in [0.15, 0.2) is 0 Å². The molecule has 5 aliphatic rings.